The third-order valence-corrected chi connectivity index (χ3v) is 3.84. The van der Waals surface area contributed by atoms with Crippen molar-refractivity contribution in [1.82, 2.24) is 4.98 Å². The Balaban J connectivity index is 1.88. The van der Waals surface area contributed by atoms with Gasteiger partial charge in [0.05, 0.1) is 21.8 Å². The molecule has 94 valence electrons. The monoisotopic (exact) mass is 266 g/mol. The molecule has 1 aromatic heterocycles. The number of benzene rings is 2. The Morgan fingerprint density at radius 1 is 1.16 bits per heavy atom. The Labute approximate surface area is 116 Å². The Bertz CT molecular complexity index is 688. The molecule has 0 aliphatic carbocycles. The molecule has 1 heterocycles. The molecule has 2 nitrogen and oxygen atoms in total. The Hall–Kier alpha value is -2.13. The topological polar surface area (TPSA) is 24.9 Å². The summed E-state index contributed by atoms with van der Waals surface area (Å²) in [4.78, 5) is 4.29. The molecule has 3 rings (SSSR count). The highest BCUT2D eigenvalue weighted by Crippen LogP contribution is 2.25. The summed E-state index contributed by atoms with van der Waals surface area (Å²) < 4.78 is 1.20. The van der Waals surface area contributed by atoms with Gasteiger partial charge >= 0.3 is 0 Å². The number of fused-ring (bicyclic) bond motifs is 1. The van der Waals surface area contributed by atoms with Crippen LogP contribution in [0, 0.1) is 0 Å². The molecule has 0 spiro atoms. The first-order valence-electron chi connectivity index (χ1n) is 6.14. The van der Waals surface area contributed by atoms with Gasteiger partial charge in [0, 0.05) is 5.69 Å². The Morgan fingerprint density at radius 2 is 2.00 bits per heavy atom. The average Bonchev–Trinajstić information content (AvgIpc) is 2.93. The van der Waals surface area contributed by atoms with Gasteiger partial charge in [0.2, 0.25) is 0 Å². The lowest BCUT2D eigenvalue weighted by molar-refractivity contribution is 0.989. The van der Waals surface area contributed by atoms with Gasteiger partial charge in [-0.15, -0.1) is 17.9 Å². The van der Waals surface area contributed by atoms with Crippen molar-refractivity contribution in [2.24, 2.45) is 0 Å². The van der Waals surface area contributed by atoms with Crippen molar-refractivity contribution in [2.45, 2.75) is 6.04 Å². The zero-order valence-corrected chi connectivity index (χ0v) is 11.2. The quantitative estimate of drug-likeness (QED) is 0.696. The van der Waals surface area contributed by atoms with Crippen LogP contribution in [0.3, 0.4) is 0 Å². The first kappa shape index (κ1) is 11.9. The van der Waals surface area contributed by atoms with Crippen molar-refractivity contribution >= 4 is 27.2 Å². The summed E-state index contributed by atoms with van der Waals surface area (Å²) in [5.41, 5.74) is 5.22. The fourth-order valence-electron chi connectivity index (χ4n) is 2.06. The minimum absolute atomic E-state index is 0.117. The zero-order valence-electron chi connectivity index (χ0n) is 10.4. The molecule has 3 aromatic rings. The molecule has 0 aliphatic rings. The lowest BCUT2D eigenvalue weighted by Gasteiger charge is -2.16. The third kappa shape index (κ3) is 2.51. The number of rotatable bonds is 4. The molecular weight excluding hydrogens is 252 g/mol. The van der Waals surface area contributed by atoms with Crippen LogP contribution in [0.15, 0.2) is 66.7 Å². The van der Waals surface area contributed by atoms with Crippen LogP contribution in [-0.4, -0.2) is 4.98 Å². The Morgan fingerprint density at radius 3 is 2.79 bits per heavy atom. The maximum Gasteiger partial charge on any atom is 0.0813 e. The van der Waals surface area contributed by atoms with Gasteiger partial charge in [-0.2, -0.15) is 0 Å². The van der Waals surface area contributed by atoms with E-state index in [4.69, 9.17) is 0 Å². The van der Waals surface area contributed by atoms with Crippen LogP contribution in [0.5, 0.6) is 0 Å². The van der Waals surface area contributed by atoms with E-state index in [0.717, 1.165) is 11.2 Å². The zero-order chi connectivity index (χ0) is 13.1. The van der Waals surface area contributed by atoms with E-state index in [9.17, 15) is 0 Å². The van der Waals surface area contributed by atoms with E-state index in [1.807, 2.05) is 35.9 Å². The van der Waals surface area contributed by atoms with Gasteiger partial charge in [0.15, 0.2) is 0 Å². The summed E-state index contributed by atoms with van der Waals surface area (Å²) in [6.45, 7) is 3.91. The van der Waals surface area contributed by atoms with Crippen molar-refractivity contribution in [3.63, 3.8) is 0 Å². The number of nitrogens with zero attached hydrogens (tertiary/aromatic N) is 1. The number of hydrogen-bond donors (Lipinski definition) is 1. The summed E-state index contributed by atoms with van der Waals surface area (Å²) in [6, 6.07) is 16.7. The van der Waals surface area contributed by atoms with Crippen molar-refractivity contribution in [1.29, 1.82) is 0 Å². The minimum atomic E-state index is 0.117. The molecular formula is C16H14N2S. The molecule has 0 aliphatic heterocycles. The number of hydrogen-bond acceptors (Lipinski definition) is 3. The van der Waals surface area contributed by atoms with E-state index in [1.165, 1.54) is 10.3 Å². The molecule has 0 saturated heterocycles. The summed E-state index contributed by atoms with van der Waals surface area (Å²) >= 11 is 1.66. The van der Waals surface area contributed by atoms with Gasteiger partial charge < -0.3 is 5.32 Å². The summed E-state index contributed by atoms with van der Waals surface area (Å²) in [7, 11) is 0. The van der Waals surface area contributed by atoms with Gasteiger partial charge in [-0.3, -0.25) is 0 Å². The second-order valence-corrected chi connectivity index (χ2v) is 5.19. The molecule has 0 fully saturated rings. The van der Waals surface area contributed by atoms with Gasteiger partial charge in [0.1, 0.15) is 0 Å². The summed E-state index contributed by atoms with van der Waals surface area (Å²) in [5.74, 6) is 0. The van der Waals surface area contributed by atoms with Crippen LogP contribution in [0.2, 0.25) is 0 Å². The molecule has 1 N–H and O–H groups in total. The largest absolute Gasteiger partial charge is 0.375 e. The molecule has 0 saturated carbocycles. The predicted molar refractivity (Wildman–Crippen MR) is 82.6 cm³/mol. The standard InChI is InChI=1S/C16H14N2S/c1-2-14(12-6-4-3-5-7-12)18-13-8-9-15-16(10-13)19-11-17-15/h2-11,14,18H,1H2. The lowest BCUT2D eigenvalue weighted by atomic mass is 10.1. The number of anilines is 1. The van der Waals surface area contributed by atoms with Crippen LogP contribution >= 0.6 is 11.3 Å². The summed E-state index contributed by atoms with van der Waals surface area (Å²) in [5, 5.41) is 3.49. The van der Waals surface area contributed by atoms with Crippen molar-refractivity contribution in [2.75, 3.05) is 5.32 Å². The molecule has 2 aromatic carbocycles. The average molecular weight is 266 g/mol. The van der Waals surface area contributed by atoms with E-state index in [0.29, 0.717) is 0 Å². The van der Waals surface area contributed by atoms with Gasteiger partial charge in [-0.25, -0.2) is 4.98 Å². The predicted octanol–water partition coefficient (Wildman–Crippen LogP) is 4.64. The highest BCUT2D eigenvalue weighted by atomic mass is 32.1. The lowest BCUT2D eigenvalue weighted by Crippen LogP contribution is -2.07. The maximum atomic E-state index is 4.29. The number of aromatic nitrogens is 1. The van der Waals surface area contributed by atoms with E-state index in [-0.39, 0.29) is 6.04 Å². The van der Waals surface area contributed by atoms with Crippen molar-refractivity contribution in [3.8, 4) is 0 Å². The van der Waals surface area contributed by atoms with E-state index < -0.39 is 0 Å². The SMILES string of the molecule is C=CC(Nc1ccc2ncsc2c1)c1ccccc1. The smallest absolute Gasteiger partial charge is 0.0813 e. The second-order valence-electron chi connectivity index (χ2n) is 4.30. The maximum absolute atomic E-state index is 4.29. The molecule has 1 unspecified atom stereocenters. The third-order valence-electron chi connectivity index (χ3n) is 3.05. The molecule has 19 heavy (non-hydrogen) atoms. The minimum Gasteiger partial charge on any atom is -0.375 e. The van der Waals surface area contributed by atoms with Crippen LogP contribution in [0.25, 0.3) is 10.2 Å². The van der Waals surface area contributed by atoms with Gasteiger partial charge in [-0.05, 0) is 23.8 Å². The Kier molecular flexibility index (Phi) is 3.29. The van der Waals surface area contributed by atoms with Gasteiger partial charge in [-0.1, -0.05) is 36.4 Å². The molecule has 0 bridgehead atoms. The number of thiazole rings is 1. The molecule has 0 radical (unpaired) electrons. The fraction of sp³-hybridized carbons (Fsp3) is 0.0625. The highest BCUT2D eigenvalue weighted by molar-refractivity contribution is 7.16. The van der Waals surface area contributed by atoms with E-state index >= 15 is 0 Å². The van der Waals surface area contributed by atoms with Crippen LogP contribution in [0.1, 0.15) is 11.6 Å². The number of nitrogens with one attached hydrogen (secondary N) is 1. The molecule has 3 heteroatoms. The second kappa shape index (κ2) is 5.24. The first-order chi connectivity index (χ1) is 9.36. The van der Waals surface area contributed by atoms with E-state index in [2.05, 4.69) is 41.1 Å². The van der Waals surface area contributed by atoms with Crippen LogP contribution < -0.4 is 5.32 Å². The van der Waals surface area contributed by atoms with Crippen molar-refractivity contribution in [3.05, 3.63) is 72.3 Å². The summed E-state index contributed by atoms with van der Waals surface area (Å²) in [6.07, 6.45) is 1.92. The molecule has 1 atom stereocenters. The van der Waals surface area contributed by atoms with E-state index in [1.54, 1.807) is 11.3 Å². The van der Waals surface area contributed by atoms with Gasteiger partial charge in [0.25, 0.3) is 0 Å². The van der Waals surface area contributed by atoms with Crippen LogP contribution in [-0.2, 0) is 0 Å². The highest BCUT2D eigenvalue weighted by Gasteiger charge is 2.07. The first-order valence-corrected chi connectivity index (χ1v) is 7.02. The fourth-order valence-corrected chi connectivity index (χ4v) is 2.78. The van der Waals surface area contributed by atoms with Crippen LogP contribution in [0.4, 0.5) is 5.69 Å². The van der Waals surface area contributed by atoms with Crippen molar-refractivity contribution < 1.29 is 0 Å². The normalized spacial score (nSPS) is 12.2. The molecule has 0 amide bonds.